The summed E-state index contributed by atoms with van der Waals surface area (Å²) in [6, 6.07) is 11.4. The Morgan fingerprint density at radius 3 is 2.20 bits per heavy atom. The first-order valence-electron chi connectivity index (χ1n) is 9.30. The minimum Gasteiger partial charge on any atom is -0.493 e. The lowest BCUT2D eigenvalue weighted by Crippen LogP contribution is -2.50. The van der Waals surface area contributed by atoms with Crippen LogP contribution in [0.5, 0.6) is 11.5 Å². The summed E-state index contributed by atoms with van der Waals surface area (Å²) >= 11 is 5.84. The third-order valence-corrected chi connectivity index (χ3v) is 6.99. The van der Waals surface area contributed by atoms with Crippen molar-refractivity contribution in [1.29, 1.82) is 0 Å². The molecule has 0 aromatic heterocycles. The Hall–Kier alpha value is -2.55. The monoisotopic (exact) mass is 450 g/mol. The van der Waals surface area contributed by atoms with E-state index in [0.717, 1.165) is 5.56 Å². The van der Waals surface area contributed by atoms with Crippen molar-refractivity contribution < 1.29 is 22.7 Å². The molecule has 1 aliphatic rings. The fourth-order valence-electron chi connectivity index (χ4n) is 3.13. The van der Waals surface area contributed by atoms with Crippen LogP contribution in [0.15, 0.2) is 53.4 Å². The fraction of sp³-hybridized carbons (Fsp3) is 0.286. The maximum atomic E-state index is 12.7. The second-order valence-electron chi connectivity index (χ2n) is 6.63. The van der Waals surface area contributed by atoms with Gasteiger partial charge in [0, 0.05) is 37.3 Å². The van der Waals surface area contributed by atoms with Gasteiger partial charge in [-0.05, 0) is 48.0 Å². The normalized spacial score (nSPS) is 15.4. The predicted octanol–water partition coefficient (Wildman–Crippen LogP) is 2.90. The van der Waals surface area contributed by atoms with Gasteiger partial charge in [-0.25, -0.2) is 8.42 Å². The molecule has 0 N–H and O–H groups in total. The van der Waals surface area contributed by atoms with E-state index in [1.165, 1.54) is 22.5 Å². The van der Waals surface area contributed by atoms with E-state index in [2.05, 4.69) is 0 Å². The van der Waals surface area contributed by atoms with Crippen LogP contribution in [0.2, 0.25) is 5.02 Å². The second kappa shape index (κ2) is 9.51. The molecule has 3 rings (SSSR count). The molecule has 1 fully saturated rings. The number of ether oxygens (including phenoxy) is 2. The maximum Gasteiger partial charge on any atom is 0.246 e. The number of piperazine rings is 1. The van der Waals surface area contributed by atoms with Crippen molar-refractivity contribution >= 4 is 33.6 Å². The summed E-state index contributed by atoms with van der Waals surface area (Å²) in [7, 11) is -0.496. The van der Waals surface area contributed by atoms with E-state index in [0.29, 0.717) is 29.6 Å². The largest absolute Gasteiger partial charge is 0.493 e. The number of nitrogens with zero attached hydrogens (tertiary/aromatic N) is 2. The number of hydrogen-bond acceptors (Lipinski definition) is 5. The van der Waals surface area contributed by atoms with Gasteiger partial charge < -0.3 is 14.4 Å². The third-order valence-electron chi connectivity index (χ3n) is 4.83. The van der Waals surface area contributed by atoms with Crippen molar-refractivity contribution in [2.24, 2.45) is 0 Å². The van der Waals surface area contributed by atoms with E-state index in [9.17, 15) is 13.2 Å². The first-order chi connectivity index (χ1) is 14.3. The molecule has 0 unspecified atom stereocenters. The Morgan fingerprint density at radius 1 is 0.967 bits per heavy atom. The van der Waals surface area contributed by atoms with Crippen molar-refractivity contribution in [3.05, 3.63) is 59.1 Å². The quantitative estimate of drug-likeness (QED) is 0.632. The molecule has 1 aliphatic heterocycles. The summed E-state index contributed by atoms with van der Waals surface area (Å²) in [5.41, 5.74) is 0.796. The topological polar surface area (TPSA) is 76.2 Å². The zero-order chi connectivity index (χ0) is 21.7. The van der Waals surface area contributed by atoms with Gasteiger partial charge in [0.25, 0.3) is 0 Å². The highest BCUT2D eigenvalue weighted by atomic mass is 35.5. The van der Waals surface area contributed by atoms with Crippen molar-refractivity contribution in [2.45, 2.75) is 4.90 Å². The number of carbonyl (C=O) groups excluding carboxylic acids is 1. The van der Waals surface area contributed by atoms with Gasteiger partial charge in [-0.3, -0.25) is 4.79 Å². The van der Waals surface area contributed by atoms with Crippen LogP contribution in [-0.4, -0.2) is 63.9 Å². The molecule has 160 valence electrons. The van der Waals surface area contributed by atoms with Gasteiger partial charge in [-0.15, -0.1) is 0 Å². The van der Waals surface area contributed by atoms with E-state index in [1.54, 1.807) is 49.5 Å². The van der Waals surface area contributed by atoms with Crippen LogP contribution >= 0.6 is 11.6 Å². The number of methoxy groups -OCH3 is 2. The average Bonchev–Trinajstić information content (AvgIpc) is 2.77. The van der Waals surface area contributed by atoms with Crippen LogP contribution in [0.3, 0.4) is 0 Å². The Bertz CT molecular complexity index is 1030. The molecule has 0 atom stereocenters. The number of benzene rings is 2. The van der Waals surface area contributed by atoms with Crippen molar-refractivity contribution in [3.8, 4) is 11.5 Å². The van der Waals surface area contributed by atoms with Gasteiger partial charge in [0.1, 0.15) is 0 Å². The SMILES string of the molecule is COc1ccc(/C=C/C(=O)N2CCN(S(=O)(=O)c3ccc(Cl)cc3)CC2)cc1OC. The Balaban J connectivity index is 1.61. The van der Waals surface area contributed by atoms with E-state index < -0.39 is 10.0 Å². The third kappa shape index (κ3) is 4.95. The number of rotatable bonds is 6. The molecule has 0 spiro atoms. The lowest BCUT2D eigenvalue weighted by molar-refractivity contribution is -0.127. The molecule has 1 heterocycles. The van der Waals surface area contributed by atoms with Crippen LogP contribution in [-0.2, 0) is 14.8 Å². The van der Waals surface area contributed by atoms with Crippen LogP contribution < -0.4 is 9.47 Å². The highest BCUT2D eigenvalue weighted by molar-refractivity contribution is 7.89. The van der Waals surface area contributed by atoms with Gasteiger partial charge in [0.15, 0.2) is 11.5 Å². The fourth-order valence-corrected chi connectivity index (χ4v) is 4.68. The molecule has 1 saturated heterocycles. The lowest BCUT2D eigenvalue weighted by Gasteiger charge is -2.33. The number of halogens is 1. The highest BCUT2D eigenvalue weighted by Gasteiger charge is 2.29. The van der Waals surface area contributed by atoms with E-state index in [-0.39, 0.29) is 23.9 Å². The highest BCUT2D eigenvalue weighted by Crippen LogP contribution is 2.28. The number of carbonyl (C=O) groups is 1. The van der Waals surface area contributed by atoms with Crippen LogP contribution in [0.1, 0.15) is 5.56 Å². The smallest absolute Gasteiger partial charge is 0.246 e. The molecule has 0 radical (unpaired) electrons. The number of amides is 1. The lowest BCUT2D eigenvalue weighted by atomic mass is 10.2. The first kappa shape index (κ1) is 22.1. The zero-order valence-corrected chi connectivity index (χ0v) is 18.3. The standard InChI is InChI=1S/C21H23ClN2O5S/c1-28-19-9-3-16(15-20(19)29-2)4-10-21(25)23-11-13-24(14-12-23)30(26,27)18-7-5-17(22)6-8-18/h3-10,15H,11-14H2,1-2H3/b10-4+. The Labute approximate surface area is 181 Å². The molecule has 9 heteroatoms. The van der Waals surface area contributed by atoms with Gasteiger partial charge in [0.2, 0.25) is 15.9 Å². The van der Waals surface area contributed by atoms with Gasteiger partial charge in [-0.2, -0.15) is 4.31 Å². The molecule has 0 saturated carbocycles. The molecule has 1 amide bonds. The zero-order valence-electron chi connectivity index (χ0n) is 16.7. The average molecular weight is 451 g/mol. The summed E-state index contributed by atoms with van der Waals surface area (Å²) in [4.78, 5) is 14.3. The molecule has 2 aromatic rings. The molecule has 0 aliphatic carbocycles. The minimum absolute atomic E-state index is 0.173. The van der Waals surface area contributed by atoms with Crippen molar-refractivity contribution in [3.63, 3.8) is 0 Å². The molecule has 30 heavy (non-hydrogen) atoms. The molecule has 0 bridgehead atoms. The van der Waals surface area contributed by atoms with E-state index in [1.807, 2.05) is 6.07 Å². The number of sulfonamides is 1. The van der Waals surface area contributed by atoms with Gasteiger partial charge in [-0.1, -0.05) is 17.7 Å². The summed E-state index contributed by atoms with van der Waals surface area (Å²) in [5, 5.41) is 0.477. The summed E-state index contributed by atoms with van der Waals surface area (Å²) in [5.74, 6) is 1.01. The van der Waals surface area contributed by atoms with Crippen LogP contribution in [0.25, 0.3) is 6.08 Å². The van der Waals surface area contributed by atoms with Crippen molar-refractivity contribution in [1.82, 2.24) is 9.21 Å². The number of hydrogen-bond donors (Lipinski definition) is 0. The molecule has 7 nitrogen and oxygen atoms in total. The first-order valence-corrected chi connectivity index (χ1v) is 11.1. The van der Waals surface area contributed by atoms with Crippen LogP contribution in [0.4, 0.5) is 0 Å². The predicted molar refractivity (Wildman–Crippen MR) is 115 cm³/mol. The van der Waals surface area contributed by atoms with Gasteiger partial charge >= 0.3 is 0 Å². The molecule has 2 aromatic carbocycles. The maximum absolute atomic E-state index is 12.7. The summed E-state index contributed by atoms with van der Waals surface area (Å²) < 4.78 is 37.3. The Morgan fingerprint density at radius 2 is 1.60 bits per heavy atom. The van der Waals surface area contributed by atoms with E-state index >= 15 is 0 Å². The van der Waals surface area contributed by atoms with Crippen LogP contribution in [0, 0.1) is 0 Å². The summed E-state index contributed by atoms with van der Waals surface area (Å²) in [6.07, 6.45) is 3.17. The summed E-state index contributed by atoms with van der Waals surface area (Å²) in [6.45, 7) is 1.12. The minimum atomic E-state index is -3.60. The second-order valence-corrected chi connectivity index (χ2v) is 9.01. The van der Waals surface area contributed by atoms with E-state index in [4.69, 9.17) is 21.1 Å². The molecular weight excluding hydrogens is 428 g/mol. The van der Waals surface area contributed by atoms with Gasteiger partial charge in [0.05, 0.1) is 19.1 Å². The van der Waals surface area contributed by atoms with Crippen molar-refractivity contribution in [2.75, 3.05) is 40.4 Å². The Kier molecular flexibility index (Phi) is 7.02. The molecular formula is C21H23ClN2O5S.